The third-order valence-electron chi connectivity index (χ3n) is 4.40. The summed E-state index contributed by atoms with van der Waals surface area (Å²) in [5.74, 6) is 0.439. The lowest BCUT2D eigenvalue weighted by Gasteiger charge is -2.27. The summed E-state index contributed by atoms with van der Waals surface area (Å²) in [4.78, 5) is 15.9. The molecular weight excluding hydrogens is 355 g/mol. The Labute approximate surface area is 159 Å². The molecule has 0 atom stereocenters. The average Bonchev–Trinajstić information content (AvgIpc) is 3.37. The van der Waals surface area contributed by atoms with Gasteiger partial charge in [-0.3, -0.25) is 9.79 Å². The maximum atomic E-state index is 13.2. The maximum absolute atomic E-state index is 13.2. The number of hydrogen-bond donors (Lipinski definition) is 3. The van der Waals surface area contributed by atoms with Crippen LogP contribution in [0.5, 0.6) is 0 Å². The van der Waals surface area contributed by atoms with Gasteiger partial charge in [0.25, 0.3) is 0 Å². The van der Waals surface area contributed by atoms with Crippen molar-refractivity contribution in [3.63, 3.8) is 0 Å². The number of halogens is 2. The van der Waals surface area contributed by atoms with Crippen molar-refractivity contribution in [3.8, 4) is 0 Å². The van der Waals surface area contributed by atoms with Crippen molar-refractivity contribution >= 4 is 23.5 Å². The first-order valence-electron chi connectivity index (χ1n) is 9.01. The maximum Gasteiger partial charge on any atom is 0.220 e. The lowest BCUT2D eigenvalue weighted by Crippen LogP contribution is -2.44. The Kier molecular flexibility index (Phi) is 7.26. The first-order valence-corrected chi connectivity index (χ1v) is 9.39. The fourth-order valence-electron chi connectivity index (χ4n) is 2.64. The van der Waals surface area contributed by atoms with Crippen molar-refractivity contribution < 1.29 is 9.18 Å². The van der Waals surface area contributed by atoms with E-state index in [0.29, 0.717) is 36.5 Å². The predicted octanol–water partition coefficient (Wildman–Crippen LogP) is 2.98. The molecule has 3 N–H and O–H groups in total. The van der Waals surface area contributed by atoms with Crippen molar-refractivity contribution in [1.29, 1.82) is 0 Å². The fourth-order valence-corrected chi connectivity index (χ4v) is 3.07. The molecule has 26 heavy (non-hydrogen) atoms. The van der Waals surface area contributed by atoms with E-state index in [2.05, 4.69) is 20.9 Å². The van der Waals surface area contributed by atoms with Gasteiger partial charge < -0.3 is 16.0 Å². The number of guanidine groups is 1. The molecule has 1 saturated carbocycles. The summed E-state index contributed by atoms with van der Waals surface area (Å²) in [7, 11) is 1.70. The minimum atomic E-state index is -0.342. The third kappa shape index (κ3) is 6.48. The Hall–Kier alpha value is -1.82. The summed E-state index contributed by atoms with van der Waals surface area (Å²) in [6.07, 6.45) is 3.46. The van der Waals surface area contributed by atoms with Crippen LogP contribution in [-0.4, -0.2) is 38.0 Å². The number of carbonyl (C=O) groups excluding carboxylic acids is 1. The lowest BCUT2D eigenvalue weighted by atomic mass is 9.84. The standard InChI is InChI=1S/C19H28ClFN4O/c1-19(2,15-9-6-13(21)11-16(15)20)12-24-18(22-3)23-10-4-5-17(26)25-14-7-8-14/h6,9,11,14H,4-5,7-8,10,12H2,1-3H3,(H,25,26)(H2,22,23,24). The van der Waals surface area contributed by atoms with Crippen LogP contribution in [0.1, 0.15) is 45.1 Å². The number of hydrogen-bond acceptors (Lipinski definition) is 2. The first kappa shape index (κ1) is 20.5. The van der Waals surface area contributed by atoms with Crippen LogP contribution in [0, 0.1) is 5.82 Å². The topological polar surface area (TPSA) is 65.5 Å². The van der Waals surface area contributed by atoms with Crippen LogP contribution in [0.25, 0.3) is 0 Å². The molecule has 0 unspecified atom stereocenters. The van der Waals surface area contributed by atoms with Crippen LogP contribution in [0.2, 0.25) is 5.02 Å². The van der Waals surface area contributed by atoms with Gasteiger partial charge in [0.05, 0.1) is 0 Å². The highest BCUT2D eigenvalue weighted by atomic mass is 35.5. The van der Waals surface area contributed by atoms with E-state index in [0.717, 1.165) is 24.8 Å². The Bertz CT molecular complexity index is 659. The molecule has 2 rings (SSSR count). The third-order valence-corrected chi connectivity index (χ3v) is 4.71. The van der Waals surface area contributed by atoms with Crippen molar-refractivity contribution in [2.75, 3.05) is 20.1 Å². The second-order valence-corrected chi connectivity index (χ2v) is 7.71. The number of amides is 1. The number of carbonyl (C=O) groups is 1. The van der Waals surface area contributed by atoms with Gasteiger partial charge in [-0.1, -0.05) is 31.5 Å². The molecule has 0 spiro atoms. The number of rotatable bonds is 8. The van der Waals surface area contributed by atoms with E-state index < -0.39 is 0 Å². The molecule has 144 valence electrons. The number of benzene rings is 1. The lowest BCUT2D eigenvalue weighted by molar-refractivity contribution is -0.121. The summed E-state index contributed by atoms with van der Waals surface area (Å²) in [6, 6.07) is 4.88. The molecule has 0 heterocycles. The highest BCUT2D eigenvalue weighted by Crippen LogP contribution is 2.29. The summed E-state index contributed by atoms with van der Waals surface area (Å²) >= 11 is 6.18. The van der Waals surface area contributed by atoms with E-state index >= 15 is 0 Å². The highest BCUT2D eigenvalue weighted by Gasteiger charge is 2.24. The SMILES string of the molecule is CN=C(NCCCC(=O)NC1CC1)NCC(C)(C)c1ccc(F)cc1Cl. The summed E-state index contributed by atoms with van der Waals surface area (Å²) in [5, 5.41) is 9.87. The van der Waals surface area contributed by atoms with Gasteiger partial charge in [0, 0.05) is 43.0 Å². The number of nitrogens with one attached hydrogen (secondary N) is 3. The van der Waals surface area contributed by atoms with Gasteiger partial charge in [-0.25, -0.2) is 4.39 Å². The minimum absolute atomic E-state index is 0.115. The molecule has 0 aromatic heterocycles. The normalized spacial score (nSPS) is 14.9. The van der Waals surface area contributed by atoms with E-state index in [-0.39, 0.29) is 17.1 Å². The van der Waals surface area contributed by atoms with Gasteiger partial charge >= 0.3 is 0 Å². The van der Waals surface area contributed by atoms with Crippen molar-refractivity contribution in [2.45, 2.75) is 51.0 Å². The van der Waals surface area contributed by atoms with E-state index in [4.69, 9.17) is 11.6 Å². The molecule has 1 aliphatic rings. The van der Waals surface area contributed by atoms with Crippen LogP contribution in [-0.2, 0) is 10.2 Å². The van der Waals surface area contributed by atoms with E-state index in [1.165, 1.54) is 12.1 Å². The van der Waals surface area contributed by atoms with Crippen LogP contribution < -0.4 is 16.0 Å². The van der Waals surface area contributed by atoms with Crippen LogP contribution >= 0.6 is 11.6 Å². The van der Waals surface area contributed by atoms with Crippen LogP contribution in [0.3, 0.4) is 0 Å². The zero-order valence-corrected chi connectivity index (χ0v) is 16.4. The molecule has 0 bridgehead atoms. The van der Waals surface area contributed by atoms with Crippen LogP contribution in [0.15, 0.2) is 23.2 Å². The van der Waals surface area contributed by atoms with E-state index in [1.54, 1.807) is 13.1 Å². The second-order valence-electron chi connectivity index (χ2n) is 7.31. The quantitative estimate of drug-likeness (QED) is 0.368. The Balaban J connectivity index is 1.75. The zero-order chi connectivity index (χ0) is 19.2. The molecule has 1 fully saturated rings. The van der Waals surface area contributed by atoms with Gasteiger partial charge in [0.15, 0.2) is 5.96 Å². The average molecular weight is 383 g/mol. The van der Waals surface area contributed by atoms with Gasteiger partial charge in [-0.15, -0.1) is 0 Å². The molecule has 0 aliphatic heterocycles. The van der Waals surface area contributed by atoms with Crippen molar-refractivity contribution in [3.05, 3.63) is 34.6 Å². The van der Waals surface area contributed by atoms with Crippen molar-refractivity contribution in [1.82, 2.24) is 16.0 Å². The van der Waals surface area contributed by atoms with E-state index in [9.17, 15) is 9.18 Å². The monoisotopic (exact) mass is 382 g/mol. The van der Waals surface area contributed by atoms with E-state index in [1.807, 2.05) is 13.8 Å². The van der Waals surface area contributed by atoms with Crippen LogP contribution in [0.4, 0.5) is 4.39 Å². The predicted molar refractivity (Wildman–Crippen MR) is 104 cm³/mol. The van der Waals surface area contributed by atoms with Gasteiger partial charge in [-0.2, -0.15) is 0 Å². The molecule has 1 aromatic carbocycles. The van der Waals surface area contributed by atoms with Crippen molar-refractivity contribution in [2.24, 2.45) is 4.99 Å². The Morgan fingerprint density at radius 1 is 1.35 bits per heavy atom. The molecule has 1 aliphatic carbocycles. The molecule has 5 nitrogen and oxygen atoms in total. The molecule has 7 heteroatoms. The largest absolute Gasteiger partial charge is 0.356 e. The zero-order valence-electron chi connectivity index (χ0n) is 15.7. The summed E-state index contributed by atoms with van der Waals surface area (Å²) < 4.78 is 13.2. The highest BCUT2D eigenvalue weighted by molar-refractivity contribution is 6.31. The Morgan fingerprint density at radius 3 is 2.69 bits per heavy atom. The minimum Gasteiger partial charge on any atom is -0.356 e. The number of aliphatic imine (C=N–C) groups is 1. The smallest absolute Gasteiger partial charge is 0.220 e. The molecule has 1 amide bonds. The van der Waals surface area contributed by atoms with Gasteiger partial charge in [-0.05, 0) is 37.0 Å². The molecular formula is C19H28ClFN4O. The van der Waals surface area contributed by atoms with Gasteiger partial charge in [0.1, 0.15) is 5.82 Å². The molecule has 0 saturated heterocycles. The Morgan fingerprint density at radius 2 is 2.08 bits per heavy atom. The fraction of sp³-hybridized carbons (Fsp3) is 0.579. The first-order chi connectivity index (χ1) is 12.3. The second kappa shape index (κ2) is 9.21. The summed E-state index contributed by atoms with van der Waals surface area (Å²) in [5.41, 5.74) is 0.576. The van der Waals surface area contributed by atoms with Gasteiger partial charge in [0.2, 0.25) is 5.91 Å². The number of nitrogens with zero attached hydrogens (tertiary/aromatic N) is 1. The summed E-state index contributed by atoms with van der Waals surface area (Å²) in [6.45, 7) is 5.32. The molecule has 1 aromatic rings. The molecule has 0 radical (unpaired) electrons.